The largest absolute Gasteiger partial charge is 0.444 e. The molecule has 7 rings (SSSR count). The van der Waals surface area contributed by atoms with Crippen LogP contribution in [0, 0.1) is 23.7 Å². The third-order valence-electron chi connectivity index (χ3n) is 9.84. The number of nitrogens with one attached hydrogen (secondary N) is 4. The number of carbonyl (C=O) groups excluding carboxylic acids is 7. The van der Waals surface area contributed by atoms with Crippen molar-refractivity contribution in [1.29, 1.82) is 0 Å². The number of piperidine rings is 1. The number of nitrogens with zero attached hydrogens (tertiary/aromatic N) is 5. The van der Waals surface area contributed by atoms with Crippen LogP contribution in [-0.2, 0) is 9.59 Å². The number of oxazole rings is 1. The van der Waals surface area contributed by atoms with Gasteiger partial charge in [-0.3, -0.25) is 43.8 Å². The normalized spacial score (nSPS) is 14.4. The van der Waals surface area contributed by atoms with Gasteiger partial charge in [0.15, 0.2) is 17.2 Å². The van der Waals surface area contributed by atoms with E-state index in [1.54, 1.807) is 36.4 Å². The summed E-state index contributed by atoms with van der Waals surface area (Å²) in [6, 6.07) is 12.8. The number of anilines is 3. The summed E-state index contributed by atoms with van der Waals surface area (Å²) < 4.78 is 44.5. The molecule has 6 N–H and O–H groups in total. The molecule has 0 bridgehead atoms. The van der Waals surface area contributed by atoms with Crippen molar-refractivity contribution in [2.45, 2.75) is 50.7 Å². The zero-order valence-corrected chi connectivity index (χ0v) is 33.9. The molecule has 330 valence electrons. The second-order valence-corrected chi connectivity index (χ2v) is 14.4. The molecule has 2 aliphatic rings. The molecular formula is C44H35F3N10O8. The zero-order chi connectivity index (χ0) is 46.3. The molecule has 65 heavy (non-hydrogen) atoms. The molecule has 1 saturated heterocycles. The maximum atomic E-state index is 13.2. The minimum absolute atomic E-state index is 0.0245. The van der Waals surface area contributed by atoms with Crippen LogP contribution < -0.4 is 27.0 Å². The van der Waals surface area contributed by atoms with Gasteiger partial charge in [-0.1, -0.05) is 17.9 Å². The van der Waals surface area contributed by atoms with Gasteiger partial charge in [-0.15, -0.1) is 0 Å². The predicted octanol–water partition coefficient (Wildman–Crippen LogP) is 4.51. The monoisotopic (exact) mass is 888 g/mol. The van der Waals surface area contributed by atoms with Crippen LogP contribution in [0.15, 0.2) is 77.7 Å². The molecule has 0 radical (unpaired) electrons. The number of benzene rings is 2. The Kier molecular flexibility index (Phi) is 13.1. The summed E-state index contributed by atoms with van der Waals surface area (Å²) in [6.45, 7) is -0.970. The van der Waals surface area contributed by atoms with Crippen molar-refractivity contribution in [3.63, 3.8) is 0 Å². The third kappa shape index (κ3) is 10.5. The molecule has 0 aliphatic carbocycles. The molecule has 2 aromatic carbocycles. The molecule has 21 heteroatoms. The van der Waals surface area contributed by atoms with Crippen molar-refractivity contribution in [3.8, 4) is 40.8 Å². The molecule has 3 aromatic heterocycles. The Morgan fingerprint density at radius 1 is 0.954 bits per heavy atom. The summed E-state index contributed by atoms with van der Waals surface area (Å²) >= 11 is 0. The first-order chi connectivity index (χ1) is 31.2. The number of amides is 6. The van der Waals surface area contributed by atoms with Crippen LogP contribution in [0.2, 0.25) is 0 Å². The van der Waals surface area contributed by atoms with Gasteiger partial charge in [-0.25, -0.2) is 14.6 Å². The minimum Gasteiger partial charge on any atom is -0.444 e. The molecule has 5 aromatic rings. The number of unbranched alkanes of at least 4 members (excludes halogenated alkanes) is 1. The van der Waals surface area contributed by atoms with E-state index >= 15 is 0 Å². The maximum Gasteiger partial charge on any atom is 0.405 e. The number of carbonyl (C=O) groups is 7. The summed E-state index contributed by atoms with van der Waals surface area (Å²) in [5.41, 5.74) is 6.84. The van der Waals surface area contributed by atoms with E-state index in [-0.39, 0.29) is 70.5 Å². The van der Waals surface area contributed by atoms with Gasteiger partial charge < -0.3 is 26.1 Å². The fraction of sp³-hybridized carbons (Fsp3) is 0.227. The van der Waals surface area contributed by atoms with Gasteiger partial charge in [0.2, 0.25) is 17.7 Å². The molecule has 18 nitrogen and oxygen atoms in total. The van der Waals surface area contributed by atoms with Crippen LogP contribution >= 0.6 is 0 Å². The number of hydrogen-bond donors (Lipinski definition) is 5. The first-order valence-electron chi connectivity index (χ1n) is 19.8. The number of hydrogen-bond acceptors (Lipinski definition) is 13. The predicted molar refractivity (Wildman–Crippen MR) is 224 cm³/mol. The van der Waals surface area contributed by atoms with Gasteiger partial charge in [-0.2, -0.15) is 18.3 Å². The van der Waals surface area contributed by atoms with Crippen molar-refractivity contribution < 1.29 is 51.2 Å². The second kappa shape index (κ2) is 19.2. The van der Waals surface area contributed by atoms with Crippen molar-refractivity contribution in [3.05, 3.63) is 101 Å². The number of halogens is 3. The molecule has 2 aliphatic heterocycles. The summed E-state index contributed by atoms with van der Waals surface area (Å²) in [5, 5.41) is 14.1. The molecular weight excluding hydrogens is 854 g/mol. The summed E-state index contributed by atoms with van der Waals surface area (Å²) in [6.07, 6.45) is 0.686. The first kappa shape index (κ1) is 44.5. The molecule has 0 saturated carbocycles. The van der Waals surface area contributed by atoms with Crippen LogP contribution in [0.1, 0.15) is 90.6 Å². The van der Waals surface area contributed by atoms with Crippen molar-refractivity contribution in [2.75, 3.05) is 29.0 Å². The van der Waals surface area contributed by atoms with Gasteiger partial charge >= 0.3 is 6.18 Å². The van der Waals surface area contributed by atoms with Crippen LogP contribution in [0.4, 0.5) is 30.4 Å². The highest BCUT2D eigenvalue weighted by Gasteiger charge is 2.45. The minimum atomic E-state index is -4.47. The molecule has 1 unspecified atom stereocenters. The number of fused-ring (bicyclic) bond motifs is 1. The van der Waals surface area contributed by atoms with E-state index in [2.05, 4.69) is 60.0 Å². The van der Waals surface area contributed by atoms with E-state index in [0.29, 0.717) is 42.7 Å². The SMILES string of the molecule is NC(=O)c1nn(-c2ccc(C(=O)CCCC#CC#CCCNc3cccc4c3C(=O)N(C3CCC(=O)NC3=O)C4=O)cc2)cc1NC(=O)c1coc(-c2ccnc(NCC(F)(F)F)c2)n1. The van der Waals surface area contributed by atoms with Crippen LogP contribution in [0.5, 0.6) is 0 Å². The van der Waals surface area contributed by atoms with Crippen LogP contribution in [-0.4, -0.2) is 91.2 Å². The molecule has 6 amide bonds. The number of Topliss-reactive ketones (excluding diaryl/α,β-unsaturated/α-hetero) is 1. The van der Waals surface area contributed by atoms with Crippen molar-refractivity contribution >= 4 is 58.4 Å². The van der Waals surface area contributed by atoms with E-state index in [1.807, 2.05) is 0 Å². The molecule has 0 spiro atoms. The lowest BCUT2D eigenvalue weighted by Gasteiger charge is -2.27. The van der Waals surface area contributed by atoms with Gasteiger partial charge in [0.05, 0.1) is 28.7 Å². The number of ketones is 1. The number of primary amides is 1. The average molecular weight is 889 g/mol. The second-order valence-electron chi connectivity index (χ2n) is 14.4. The Bertz CT molecular complexity index is 2870. The highest BCUT2D eigenvalue weighted by atomic mass is 19.4. The highest BCUT2D eigenvalue weighted by molar-refractivity contribution is 6.25. The topological polar surface area (TPSA) is 254 Å². The number of imide groups is 2. The zero-order valence-electron chi connectivity index (χ0n) is 33.9. The fourth-order valence-corrected chi connectivity index (χ4v) is 6.74. The quantitative estimate of drug-likeness (QED) is 0.0421. The molecule has 1 fully saturated rings. The first-order valence-corrected chi connectivity index (χ1v) is 19.8. The fourth-order valence-electron chi connectivity index (χ4n) is 6.74. The Morgan fingerprint density at radius 3 is 2.46 bits per heavy atom. The van der Waals surface area contributed by atoms with Crippen molar-refractivity contribution in [1.82, 2.24) is 30.0 Å². The van der Waals surface area contributed by atoms with E-state index in [1.165, 1.54) is 35.3 Å². The Balaban J connectivity index is 0.863. The summed E-state index contributed by atoms with van der Waals surface area (Å²) in [5.74, 6) is 6.95. The summed E-state index contributed by atoms with van der Waals surface area (Å²) in [7, 11) is 0. The number of rotatable bonds is 15. The van der Waals surface area contributed by atoms with E-state index < -0.39 is 54.2 Å². The highest BCUT2D eigenvalue weighted by Crippen LogP contribution is 2.32. The number of aromatic nitrogens is 4. The van der Waals surface area contributed by atoms with E-state index in [0.717, 1.165) is 11.2 Å². The van der Waals surface area contributed by atoms with Crippen LogP contribution in [0.25, 0.3) is 17.1 Å². The van der Waals surface area contributed by atoms with Crippen molar-refractivity contribution in [2.24, 2.45) is 5.73 Å². The smallest absolute Gasteiger partial charge is 0.405 e. The van der Waals surface area contributed by atoms with Crippen LogP contribution in [0.3, 0.4) is 0 Å². The maximum absolute atomic E-state index is 13.2. The Hall–Kier alpha value is -8.59. The average Bonchev–Trinajstić information content (AvgIpc) is 4.01. The lowest BCUT2D eigenvalue weighted by Crippen LogP contribution is -2.54. The standard InChI is InChI=1S/C44H35F3N10O8/c45-44(46,47)24-51-34-21-26(18-20-50-34)41-53-31(23-65-41)39(61)52-30-22-56(55-37(30)38(48)60)27-14-12-25(13-15-27)33(58)11-6-4-2-1-3-5-7-19-49-29-10-8-9-28-36(29)43(64)57(42(28)63)32-16-17-35(59)54-40(32)62/h8-10,12-15,18,20-23,32,49H,4,6-7,11,16-17,19,24H2,(H2,48,60)(H,50,51)(H,52,61)(H,54,59,62). The number of pyridine rings is 1. The summed E-state index contributed by atoms with van der Waals surface area (Å²) in [4.78, 5) is 97.2. The lowest BCUT2D eigenvalue weighted by molar-refractivity contribution is -0.136. The van der Waals surface area contributed by atoms with Gasteiger partial charge in [0.1, 0.15) is 24.7 Å². The Labute approximate surface area is 366 Å². The van der Waals surface area contributed by atoms with Gasteiger partial charge in [0, 0.05) is 55.2 Å². The van der Waals surface area contributed by atoms with Gasteiger partial charge in [0.25, 0.3) is 23.6 Å². The van der Waals surface area contributed by atoms with E-state index in [4.69, 9.17) is 10.2 Å². The number of alkyl halides is 3. The third-order valence-corrected chi connectivity index (χ3v) is 9.84. The molecule has 5 heterocycles. The molecule has 1 atom stereocenters. The lowest BCUT2D eigenvalue weighted by atomic mass is 10.0. The Morgan fingerprint density at radius 2 is 1.72 bits per heavy atom. The van der Waals surface area contributed by atoms with Gasteiger partial charge in [-0.05, 0) is 73.2 Å². The van der Waals surface area contributed by atoms with E-state index in [9.17, 15) is 46.7 Å². The number of nitrogens with two attached hydrogens (primary N) is 1.